The van der Waals surface area contributed by atoms with E-state index in [4.69, 9.17) is 0 Å². The summed E-state index contributed by atoms with van der Waals surface area (Å²) in [7, 11) is 1.81. The van der Waals surface area contributed by atoms with E-state index >= 15 is 0 Å². The van der Waals surface area contributed by atoms with E-state index in [-0.39, 0.29) is 5.78 Å². The van der Waals surface area contributed by atoms with Gasteiger partial charge in [-0.2, -0.15) is 10.2 Å². The average Bonchev–Trinajstić information content (AvgIpc) is 3.12. The largest absolute Gasteiger partial charge is 0.289 e. The molecule has 0 N–H and O–H groups in total. The number of carbonyl (C=O) groups excluding carboxylic acids is 1. The normalized spacial score (nSPS) is 11.2. The van der Waals surface area contributed by atoms with E-state index in [9.17, 15) is 4.79 Å². The lowest BCUT2D eigenvalue weighted by Gasteiger charge is -2.00. The van der Waals surface area contributed by atoms with Crippen LogP contribution in [0.25, 0.3) is 6.08 Å². The second kappa shape index (κ2) is 6.44. The number of aromatic nitrogens is 4. The summed E-state index contributed by atoms with van der Waals surface area (Å²) in [6.07, 6.45) is 8.76. The lowest BCUT2D eigenvalue weighted by atomic mass is 10.1. The minimum absolute atomic E-state index is 0.0496. The minimum Gasteiger partial charge on any atom is -0.289 e. The molecule has 0 radical (unpaired) electrons. The predicted molar refractivity (Wildman–Crippen MR) is 89.1 cm³/mol. The number of hydrogen-bond acceptors (Lipinski definition) is 3. The first-order valence-electron chi connectivity index (χ1n) is 7.41. The Morgan fingerprint density at radius 3 is 2.70 bits per heavy atom. The van der Waals surface area contributed by atoms with E-state index in [0.29, 0.717) is 12.1 Å². The van der Waals surface area contributed by atoms with Crippen molar-refractivity contribution in [2.24, 2.45) is 7.05 Å². The van der Waals surface area contributed by atoms with E-state index in [2.05, 4.69) is 22.3 Å². The molecule has 0 fully saturated rings. The first-order chi connectivity index (χ1) is 11.1. The minimum atomic E-state index is -0.0496. The van der Waals surface area contributed by atoms with Crippen molar-refractivity contribution in [2.75, 3.05) is 0 Å². The first kappa shape index (κ1) is 15.0. The molecule has 0 aliphatic rings. The summed E-state index contributed by atoms with van der Waals surface area (Å²) in [6.45, 7) is 2.54. The van der Waals surface area contributed by atoms with Gasteiger partial charge in [-0.25, -0.2) is 0 Å². The van der Waals surface area contributed by atoms with Crippen LogP contribution in [0.5, 0.6) is 0 Å². The second-order valence-electron chi connectivity index (χ2n) is 5.46. The smallest absolute Gasteiger partial charge is 0.189 e. The molecule has 0 spiro atoms. The average molecular weight is 306 g/mol. The lowest BCUT2D eigenvalue weighted by Crippen LogP contribution is -1.99. The Morgan fingerprint density at radius 2 is 2.00 bits per heavy atom. The molecule has 0 atom stereocenters. The SMILES string of the molecule is Cc1nn(C)cc1C(=O)/C=C\c1cnn(Cc2ccccc2)c1. The highest BCUT2D eigenvalue weighted by Gasteiger charge is 2.09. The van der Waals surface area contributed by atoms with E-state index in [1.54, 1.807) is 36.3 Å². The first-order valence-corrected chi connectivity index (χ1v) is 7.41. The summed E-state index contributed by atoms with van der Waals surface area (Å²) >= 11 is 0. The molecular weight excluding hydrogens is 288 g/mol. The van der Waals surface area contributed by atoms with Crippen LogP contribution in [-0.4, -0.2) is 25.3 Å². The van der Waals surface area contributed by atoms with Gasteiger partial charge in [-0.15, -0.1) is 0 Å². The Kier molecular flexibility index (Phi) is 4.19. The predicted octanol–water partition coefficient (Wildman–Crippen LogP) is 2.87. The monoisotopic (exact) mass is 306 g/mol. The Morgan fingerprint density at radius 1 is 1.22 bits per heavy atom. The van der Waals surface area contributed by atoms with Crippen molar-refractivity contribution in [1.29, 1.82) is 0 Å². The fraction of sp³-hybridized carbons (Fsp3) is 0.167. The quantitative estimate of drug-likeness (QED) is 0.538. The standard InChI is InChI=1S/C18H18N4O/c1-14-17(13-21(2)20-14)18(23)9-8-16-10-19-22(12-16)11-15-6-4-3-5-7-15/h3-10,12-13H,11H2,1-2H3/b9-8-. The third kappa shape index (κ3) is 3.63. The zero-order valence-corrected chi connectivity index (χ0v) is 13.2. The molecule has 23 heavy (non-hydrogen) atoms. The molecule has 3 rings (SSSR count). The molecule has 0 amide bonds. The summed E-state index contributed by atoms with van der Waals surface area (Å²) < 4.78 is 3.50. The molecule has 0 bridgehead atoms. The van der Waals surface area contributed by atoms with Crippen LogP contribution >= 0.6 is 0 Å². The topological polar surface area (TPSA) is 52.7 Å². The molecule has 5 heteroatoms. The van der Waals surface area contributed by atoms with Crippen molar-refractivity contribution in [3.63, 3.8) is 0 Å². The zero-order valence-electron chi connectivity index (χ0n) is 13.2. The van der Waals surface area contributed by atoms with Crippen molar-refractivity contribution in [3.05, 3.63) is 77.4 Å². The number of nitrogens with zero attached hydrogens (tertiary/aromatic N) is 4. The van der Waals surface area contributed by atoms with Gasteiger partial charge >= 0.3 is 0 Å². The third-order valence-electron chi connectivity index (χ3n) is 3.55. The van der Waals surface area contributed by atoms with Crippen molar-refractivity contribution < 1.29 is 4.79 Å². The van der Waals surface area contributed by atoms with Gasteiger partial charge in [-0.3, -0.25) is 14.2 Å². The molecule has 0 saturated carbocycles. The maximum absolute atomic E-state index is 12.2. The van der Waals surface area contributed by atoms with Crippen LogP contribution in [-0.2, 0) is 13.6 Å². The van der Waals surface area contributed by atoms with Crippen molar-refractivity contribution in [3.8, 4) is 0 Å². The molecule has 0 aliphatic heterocycles. The van der Waals surface area contributed by atoms with E-state index in [1.165, 1.54) is 5.56 Å². The number of hydrogen-bond donors (Lipinski definition) is 0. The van der Waals surface area contributed by atoms with Crippen molar-refractivity contribution >= 4 is 11.9 Å². The van der Waals surface area contributed by atoms with Crippen LogP contribution in [0.3, 0.4) is 0 Å². The maximum atomic E-state index is 12.2. The molecule has 2 aromatic heterocycles. The molecule has 116 valence electrons. The molecule has 2 heterocycles. The molecular formula is C18H18N4O. The molecule has 0 saturated heterocycles. The van der Waals surface area contributed by atoms with Crippen molar-refractivity contribution in [2.45, 2.75) is 13.5 Å². The molecule has 5 nitrogen and oxygen atoms in total. The van der Waals surface area contributed by atoms with Crippen LogP contribution in [0.4, 0.5) is 0 Å². The number of rotatable bonds is 5. The van der Waals surface area contributed by atoms with Gasteiger partial charge in [0.25, 0.3) is 0 Å². The van der Waals surface area contributed by atoms with Gasteiger partial charge in [0, 0.05) is 25.0 Å². The van der Waals surface area contributed by atoms with Gasteiger partial charge in [0.1, 0.15) is 0 Å². The Hall–Kier alpha value is -2.95. The summed E-state index contributed by atoms with van der Waals surface area (Å²) in [6, 6.07) is 10.1. The zero-order chi connectivity index (χ0) is 16.2. The van der Waals surface area contributed by atoms with Crippen LogP contribution in [0, 0.1) is 6.92 Å². The Bertz CT molecular complexity index is 843. The number of benzene rings is 1. The van der Waals surface area contributed by atoms with E-state index in [0.717, 1.165) is 11.3 Å². The van der Waals surface area contributed by atoms with Gasteiger partial charge in [0.2, 0.25) is 0 Å². The number of ketones is 1. The Labute approximate surface area is 134 Å². The van der Waals surface area contributed by atoms with Crippen LogP contribution in [0.15, 0.2) is 55.0 Å². The Balaban J connectivity index is 1.69. The van der Waals surface area contributed by atoms with Gasteiger partial charge in [0.05, 0.1) is 24.0 Å². The molecule has 1 aromatic carbocycles. The van der Waals surface area contributed by atoms with Gasteiger partial charge in [-0.1, -0.05) is 30.3 Å². The van der Waals surface area contributed by atoms with Crippen LogP contribution in [0.1, 0.15) is 27.2 Å². The third-order valence-corrected chi connectivity index (χ3v) is 3.55. The summed E-state index contributed by atoms with van der Waals surface area (Å²) in [5, 5.41) is 8.51. The highest BCUT2D eigenvalue weighted by atomic mass is 16.1. The van der Waals surface area contributed by atoms with Crippen molar-refractivity contribution in [1.82, 2.24) is 19.6 Å². The molecule has 0 unspecified atom stereocenters. The molecule has 3 aromatic rings. The highest BCUT2D eigenvalue weighted by Crippen LogP contribution is 2.09. The molecule has 0 aliphatic carbocycles. The fourth-order valence-electron chi connectivity index (χ4n) is 2.43. The highest BCUT2D eigenvalue weighted by molar-refractivity contribution is 6.07. The van der Waals surface area contributed by atoms with E-state index in [1.807, 2.05) is 36.0 Å². The second-order valence-corrected chi connectivity index (χ2v) is 5.46. The number of aryl methyl sites for hydroxylation is 2. The fourth-order valence-corrected chi connectivity index (χ4v) is 2.43. The van der Waals surface area contributed by atoms with Gasteiger partial charge < -0.3 is 0 Å². The van der Waals surface area contributed by atoms with Gasteiger partial charge in [-0.05, 0) is 24.6 Å². The summed E-state index contributed by atoms with van der Waals surface area (Å²) in [4.78, 5) is 12.2. The summed E-state index contributed by atoms with van der Waals surface area (Å²) in [5.41, 5.74) is 3.45. The van der Waals surface area contributed by atoms with Crippen LogP contribution < -0.4 is 0 Å². The lowest BCUT2D eigenvalue weighted by molar-refractivity contribution is 0.104. The van der Waals surface area contributed by atoms with E-state index < -0.39 is 0 Å². The van der Waals surface area contributed by atoms with Gasteiger partial charge in [0.15, 0.2) is 5.78 Å². The number of allylic oxidation sites excluding steroid dienone is 1. The summed E-state index contributed by atoms with van der Waals surface area (Å²) in [5.74, 6) is -0.0496. The maximum Gasteiger partial charge on any atom is 0.189 e. The van der Waals surface area contributed by atoms with Crippen LogP contribution in [0.2, 0.25) is 0 Å². The number of carbonyl (C=O) groups is 1.